The van der Waals surface area contributed by atoms with E-state index in [0.29, 0.717) is 13.2 Å². The highest BCUT2D eigenvalue weighted by Crippen LogP contribution is 2.28. The Morgan fingerprint density at radius 3 is 2.67 bits per heavy atom. The third kappa shape index (κ3) is 2.46. The van der Waals surface area contributed by atoms with Gasteiger partial charge in [-0.3, -0.25) is 4.99 Å². The van der Waals surface area contributed by atoms with E-state index in [2.05, 4.69) is 17.1 Å². The van der Waals surface area contributed by atoms with Gasteiger partial charge in [-0.15, -0.1) is 0 Å². The number of dihydropyridines is 1. The fraction of sp³-hybridized carbons (Fsp3) is 0.400. The second-order valence-electron chi connectivity index (χ2n) is 4.51. The molecule has 1 aromatic rings. The van der Waals surface area contributed by atoms with Crippen molar-refractivity contribution in [1.29, 1.82) is 0 Å². The number of methoxy groups -OCH3 is 1. The van der Waals surface area contributed by atoms with E-state index in [1.165, 1.54) is 0 Å². The summed E-state index contributed by atoms with van der Waals surface area (Å²) in [6.07, 6.45) is 1.97. The molecule has 18 heavy (non-hydrogen) atoms. The second kappa shape index (κ2) is 5.36. The molecule has 3 heteroatoms. The number of benzene rings is 1. The maximum Gasteiger partial charge on any atom is 0.159 e. The highest BCUT2D eigenvalue weighted by Gasteiger charge is 2.36. The lowest BCUT2D eigenvalue weighted by molar-refractivity contribution is -0.00275. The lowest BCUT2D eigenvalue weighted by atomic mass is 9.95. The molecular weight excluding hydrogens is 226 g/mol. The molecule has 1 aromatic carbocycles. The lowest BCUT2D eigenvalue weighted by Gasteiger charge is -2.33. The Morgan fingerprint density at radius 1 is 1.28 bits per heavy atom. The molecule has 2 rings (SSSR count). The highest BCUT2D eigenvalue weighted by atomic mass is 16.5. The molecule has 1 atom stereocenters. The van der Waals surface area contributed by atoms with Gasteiger partial charge in [-0.1, -0.05) is 30.3 Å². The molecule has 0 saturated heterocycles. The van der Waals surface area contributed by atoms with Gasteiger partial charge >= 0.3 is 0 Å². The van der Waals surface area contributed by atoms with Crippen LogP contribution < -0.4 is 0 Å². The average Bonchev–Trinajstić information content (AvgIpc) is 2.41. The first-order valence-corrected chi connectivity index (χ1v) is 6.11. The van der Waals surface area contributed by atoms with Gasteiger partial charge in [-0.25, -0.2) is 0 Å². The number of aliphatic imine (C=N–C) groups is 1. The largest absolute Gasteiger partial charge is 0.498 e. The predicted molar refractivity (Wildman–Crippen MR) is 72.7 cm³/mol. The Bertz CT molecular complexity index is 465. The van der Waals surface area contributed by atoms with Crippen LogP contribution in [0.4, 0.5) is 0 Å². The lowest BCUT2D eigenvalue weighted by Crippen LogP contribution is -2.41. The van der Waals surface area contributed by atoms with Gasteiger partial charge in [0.2, 0.25) is 0 Å². The molecule has 1 heterocycles. The summed E-state index contributed by atoms with van der Waals surface area (Å²) >= 11 is 0. The van der Waals surface area contributed by atoms with Crippen molar-refractivity contribution in [3.63, 3.8) is 0 Å². The molecule has 1 aliphatic rings. The minimum atomic E-state index is -0.553. The Labute approximate surface area is 108 Å². The Balaban J connectivity index is 2.12. The van der Waals surface area contributed by atoms with Crippen molar-refractivity contribution >= 4 is 5.71 Å². The molecule has 0 spiro atoms. The summed E-state index contributed by atoms with van der Waals surface area (Å²) < 4.78 is 11.5. The molecule has 0 N–H and O–H groups in total. The monoisotopic (exact) mass is 245 g/mol. The number of hydrogen-bond donors (Lipinski definition) is 0. The van der Waals surface area contributed by atoms with Crippen LogP contribution in [-0.4, -0.2) is 25.0 Å². The Hall–Kier alpha value is -1.61. The van der Waals surface area contributed by atoms with Crippen LogP contribution >= 0.6 is 0 Å². The Morgan fingerprint density at radius 2 is 2.00 bits per heavy atom. The van der Waals surface area contributed by atoms with Gasteiger partial charge in [0.05, 0.1) is 20.3 Å². The molecule has 3 nitrogen and oxygen atoms in total. The summed E-state index contributed by atoms with van der Waals surface area (Å²) in [5.74, 6) is 0.839. The minimum absolute atomic E-state index is 0.547. The third-order valence-electron chi connectivity index (χ3n) is 3.36. The fourth-order valence-corrected chi connectivity index (χ4v) is 2.04. The zero-order valence-corrected chi connectivity index (χ0v) is 11.1. The molecule has 96 valence electrons. The van der Waals surface area contributed by atoms with Gasteiger partial charge in [-0.05, 0) is 25.5 Å². The molecule has 0 fully saturated rings. The number of ether oxygens (including phenoxy) is 2. The van der Waals surface area contributed by atoms with Gasteiger partial charge < -0.3 is 9.47 Å². The van der Waals surface area contributed by atoms with Crippen LogP contribution in [0.25, 0.3) is 0 Å². The average molecular weight is 245 g/mol. The van der Waals surface area contributed by atoms with Gasteiger partial charge in [0.25, 0.3) is 0 Å². The maximum absolute atomic E-state index is 6.05. The third-order valence-corrected chi connectivity index (χ3v) is 3.36. The van der Waals surface area contributed by atoms with Crippen molar-refractivity contribution in [3.8, 4) is 0 Å². The maximum atomic E-state index is 6.05. The van der Waals surface area contributed by atoms with Gasteiger partial charge in [0.1, 0.15) is 5.76 Å². The summed E-state index contributed by atoms with van der Waals surface area (Å²) in [5.41, 5.74) is 1.55. The van der Waals surface area contributed by atoms with E-state index in [1.54, 1.807) is 7.11 Å². The Kier molecular flexibility index (Phi) is 3.82. The van der Waals surface area contributed by atoms with Crippen molar-refractivity contribution < 1.29 is 9.47 Å². The van der Waals surface area contributed by atoms with E-state index in [-0.39, 0.29) is 0 Å². The van der Waals surface area contributed by atoms with Crippen molar-refractivity contribution in [2.45, 2.75) is 26.1 Å². The summed E-state index contributed by atoms with van der Waals surface area (Å²) in [4.78, 5) is 4.43. The molecule has 0 aliphatic carbocycles. The molecule has 1 unspecified atom stereocenters. The molecule has 0 radical (unpaired) electrons. The topological polar surface area (TPSA) is 30.8 Å². The first-order chi connectivity index (χ1) is 8.66. The first-order valence-electron chi connectivity index (χ1n) is 6.11. The van der Waals surface area contributed by atoms with Crippen LogP contribution in [0.5, 0.6) is 0 Å². The molecule has 0 saturated carbocycles. The van der Waals surface area contributed by atoms with Crippen LogP contribution in [0.3, 0.4) is 0 Å². The van der Waals surface area contributed by atoms with Crippen molar-refractivity contribution in [2.24, 2.45) is 4.99 Å². The van der Waals surface area contributed by atoms with Gasteiger partial charge in [0.15, 0.2) is 5.60 Å². The minimum Gasteiger partial charge on any atom is -0.498 e. The zero-order valence-electron chi connectivity index (χ0n) is 11.1. The summed E-state index contributed by atoms with van der Waals surface area (Å²) in [5, 5.41) is 0. The van der Waals surface area contributed by atoms with E-state index in [0.717, 1.165) is 17.0 Å². The summed E-state index contributed by atoms with van der Waals surface area (Å²) in [6, 6.07) is 10.1. The van der Waals surface area contributed by atoms with Crippen LogP contribution in [0.1, 0.15) is 19.4 Å². The van der Waals surface area contributed by atoms with Crippen LogP contribution in [0.15, 0.2) is 47.2 Å². The van der Waals surface area contributed by atoms with E-state index in [9.17, 15) is 0 Å². The van der Waals surface area contributed by atoms with E-state index in [4.69, 9.17) is 9.47 Å². The number of rotatable bonds is 4. The van der Waals surface area contributed by atoms with Crippen molar-refractivity contribution in [2.75, 3.05) is 13.7 Å². The smallest absolute Gasteiger partial charge is 0.159 e. The number of nitrogens with zero attached hydrogens (tertiary/aromatic N) is 1. The molecule has 0 bridgehead atoms. The summed E-state index contributed by atoms with van der Waals surface area (Å²) in [6.45, 7) is 5.20. The highest BCUT2D eigenvalue weighted by molar-refractivity contribution is 5.93. The first kappa shape index (κ1) is 12.8. The van der Waals surface area contributed by atoms with E-state index in [1.807, 2.05) is 38.1 Å². The molecule has 0 amide bonds. The predicted octanol–water partition coefficient (Wildman–Crippen LogP) is 2.97. The van der Waals surface area contributed by atoms with E-state index >= 15 is 0 Å². The summed E-state index contributed by atoms with van der Waals surface area (Å²) in [7, 11) is 1.68. The van der Waals surface area contributed by atoms with Crippen LogP contribution in [0, 0.1) is 0 Å². The normalized spacial score (nSPS) is 23.3. The van der Waals surface area contributed by atoms with Crippen LogP contribution in [0.2, 0.25) is 0 Å². The van der Waals surface area contributed by atoms with Crippen molar-refractivity contribution in [1.82, 2.24) is 0 Å². The van der Waals surface area contributed by atoms with Gasteiger partial charge in [-0.2, -0.15) is 0 Å². The van der Waals surface area contributed by atoms with E-state index < -0.39 is 5.60 Å². The molecule has 0 aromatic heterocycles. The zero-order chi connectivity index (χ0) is 13.0. The molecular formula is C15H19NO2. The fourth-order valence-electron chi connectivity index (χ4n) is 2.04. The SMILES string of the molecule is COC1=CCN=C(C)C1(C)OCc1ccccc1. The standard InChI is InChI=1S/C15H19NO2/c1-12-15(2,14(17-3)9-10-16-12)18-11-13-7-5-4-6-8-13/h4-9H,10-11H2,1-3H3. The number of hydrogen-bond acceptors (Lipinski definition) is 3. The van der Waals surface area contributed by atoms with Crippen LogP contribution in [-0.2, 0) is 16.1 Å². The van der Waals surface area contributed by atoms with Gasteiger partial charge in [0, 0.05) is 5.71 Å². The molecule has 1 aliphatic heterocycles. The second-order valence-corrected chi connectivity index (χ2v) is 4.51. The van der Waals surface area contributed by atoms with Crippen molar-refractivity contribution in [3.05, 3.63) is 47.7 Å². The quantitative estimate of drug-likeness (QED) is 0.816.